The Balaban J connectivity index is 1.71. The van der Waals surface area contributed by atoms with Gasteiger partial charge in [0.25, 0.3) is 5.91 Å². The molecule has 0 radical (unpaired) electrons. The minimum Gasteiger partial charge on any atom is -0.352 e. The number of nitrogens with one attached hydrogen (secondary N) is 1. The molecule has 2 heterocycles. The van der Waals surface area contributed by atoms with Crippen LogP contribution in [0.2, 0.25) is 0 Å². The van der Waals surface area contributed by atoms with Crippen molar-refractivity contribution in [2.75, 3.05) is 6.54 Å². The molecule has 0 spiro atoms. The van der Waals surface area contributed by atoms with Gasteiger partial charge in [0, 0.05) is 49.7 Å². The van der Waals surface area contributed by atoms with Crippen molar-refractivity contribution in [2.45, 2.75) is 20.3 Å². The third-order valence-corrected chi connectivity index (χ3v) is 4.03. The average molecular weight is 335 g/mol. The molecule has 1 aromatic carbocycles. The number of hydrogen-bond donors (Lipinski definition) is 1. The molecular weight excluding hydrogens is 314 g/mol. The number of nitrogens with zero attached hydrogens (tertiary/aromatic N) is 4. The second-order valence-corrected chi connectivity index (χ2v) is 5.99. The van der Waals surface area contributed by atoms with Gasteiger partial charge in [-0.1, -0.05) is 12.1 Å². The first-order chi connectivity index (χ1) is 12.0. The third kappa shape index (κ3) is 3.91. The first-order valence-electron chi connectivity index (χ1n) is 8.19. The molecule has 0 aliphatic heterocycles. The Morgan fingerprint density at radius 1 is 1.24 bits per heavy atom. The Hall–Kier alpha value is -3.02. The molecule has 0 saturated heterocycles. The summed E-state index contributed by atoms with van der Waals surface area (Å²) in [7, 11) is 1.94. The lowest BCUT2D eigenvalue weighted by Crippen LogP contribution is -2.26. The number of aromatic nitrogens is 4. The molecular formula is C19H21N5O. The second kappa shape index (κ2) is 7.25. The fraction of sp³-hybridized carbons (Fsp3) is 0.263. The minimum absolute atomic E-state index is 0.102. The van der Waals surface area contributed by atoms with Crippen LogP contribution in [0, 0.1) is 13.8 Å². The van der Waals surface area contributed by atoms with Crippen molar-refractivity contribution in [3.8, 4) is 11.3 Å². The first-order valence-corrected chi connectivity index (χ1v) is 8.19. The summed E-state index contributed by atoms with van der Waals surface area (Å²) in [6, 6.07) is 7.47. The zero-order valence-electron chi connectivity index (χ0n) is 14.7. The largest absolute Gasteiger partial charge is 0.352 e. The zero-order chi connectivity index (χ0) is 17.8. The van der Waals surface area contributed by atoms with Gasteiger partial charge in [0.2, 0.25) is 0 Å². The van der Waals surface area contributed by atoms with Gasteiger partial charge in [-0.3, -0.25) is 9.78 Å². The number of rotatable bonds is 5. The zero-order valence-corrected chi connectivity index (χ0v) is 14.7. The van der Waals surface area contributed by atoms with E-state index >= 15 is 0 Å². The summed E-state index contributed by atoms with van der Waals surface area (Å²) >= 11 is 0. The maximum Gasteiger partial charge on any atom is 0.251 e. The van der Waals surface area contributed by atoms with Crippen molar-refractivity contribution in [3.05, 3.63) is 65.6 Å². The van der Waals surface area contributed by atoms with Crippen molar-refractivity contribution < 1.29 is 4.79 Å². The van der Waals surface area contributed by atoms with E-state index in [9.17, 15) is 4.79 Å². The monoisotopic (exact) mass is 335 g/mol. The quantitative estimate of drug-likeness (QED) is 0.777. The highest BCUT2D eigenvalue weighted by Crippen LogP contribution is 2.21. The van der Waals surface area contributed by atoms with Gasteiger partial charge in [0.15, 0.2) is 0 Å². The summed E-state index contributed by atoms with van der Waals surface area (Å²) in [6.45, 7) is 4.36. The summed E-state index contributed by atoms with van der Waals surface area (Å²) < 4.78 is 1.95. The van der Waals surface area contributed by atoms with Crippen LogP contribution in [0.15, 0.2) is 42.9 Å². The van der Waals surface area contributed by atoms with E-state index in [1.54, 1.807) is 18.5 Å². The molecule has 0 saturated carbocycles. The Bertz CT molecular complexity index is 900. The first kappa shape index (κ1) is 16.8. The molecule has 3 rings (SSSR count). The fourth-order valence-corrected chi connectivity index (χ4v) is 2.65. The van der Waals surface area contributed by atoms with Crippen LogP contribution in [0.4, 0.5) is 0 Å². The normalized spacial score (nSPS) is 10.7. The van der Waals surface area contributed by atoms with Gasteiger partial charge in [-0.2, -0.15) is 0 Å². The minimum atomic E-state index is -0.102. The van der Waals surface area contributed by atoms with E-state index in [4.69, 9.17) is 0 Å². The Morgan fingerprint density at radius 3 is 2.84 bits per heavy atom. The maximum absolute atomic E-state index is 12.4. The average Bonchev–Trinajstić information content (AvgIpc) is 3.02. The highest BCUT2D eigenvalue weighted by Gasteiger charge is 2.10. The topological polar surface area (TPSA) is 72.7 Å². The summed E-state index contributed by atoms with van der Waals surface area (Å²) in [6.07, 6.45) is 6.09. The van der Waals surface area contributed by atoms with Crippen molar-refractivity contribution in [3.63, 3.8) is 0 Å². The van der Waals surface area contributed by atoms with Crippen LogP contribution in [0.3, 0.4) is 0 Å². The van der Waals surface area contributed by atoms with Crippen LogP contribution >= 0.6 is 0 Å². The van der Waals surface area contributed by atoms with Crippen LogP contribution in [0.1, 0.15) is 27.6 Å². The molecule has 1 amide bonds. The molecule has 0 aliphatic rings. The van der Waals surface area contributed by atoms with Gasteiger partial charge in [-0.15, -0.1) is 0 Å². The van der Waals surface area contributed by atoms with E-state index < -0.39 is 0 Å². The molecule has 128 valence electrons. The lowest BCUT2D eigenvalue weighted by molar-refractivity contribution is 0.0954. The van der Waals surface area contributed by atoms with Crippen LogP contribution < -0.4 is 5.32 Å². The van der Waals surface area contributed by atoms with Crippen molar-refractivity contribution >= 4 is 5.91 Å². The molecule has 6 heteroatoms. The van der Waals surface area contributed by atoms with Crippen molar-refractivity contribution in [2.24, 2.45) is 7.05 Å². The van der Waals surface area contributed by atoms with E-state index in [-0.39, 0.29) is 5.91 Å². The molecule has 6 nitrogen and oxygen atoms in total. The standard InChI is InChI=1S/C19H21N5O/c1-13-12-22-14(2)18(23-13)15-5-4-6-16(11-15)19(25)21-8-7-17-20-9-10-24(17)3/h4-6,9-12H,7-8H2,1-3H3,(H,21,25). The van der Waals surface area contributed by atoms with E-state index in [1.807, 2.05) is 49.9 Å². The Kier molecular flexibility index (Phi) is 4.88. The van der Waals surface area contributed by atoms with Crippen LogP contribution in [0.25, 0.3) is 11.3 Å². The number of hydrogen-bond acceptors (Lipinski definition) is 4. The fourth-order valence-electron chi connectivity index (χ4n) is 2.65. The molecule has 0 unspecified atom stereocenters. The molecule has 1 N–H and O–H groups in total. The lowest BCUT2D eigenvalue weighted by atomic mass is 10.1. The van der Waals surface area contributed by atoms with E-state index in [2.05, 4.69) is 20.3 Å². The third-order valence-electron chi connectivity index (χ3n) is 4.03. The summed E-state index contributed by atoms with van der Waals surface area (Å²) in [5.41, 5.74) is 4.01. The number of benzene rings is 1. The van der Waals surface area contributed by atoms with Gasteiger partial charge >= 0.3 is 0 Å². The van der Waals surface area contributed by atoms with E-state index in [1.165, 1.54) is 0 Å². The Morgan fingerprint density at radius 2 is 2.08 bits per heavy atom. The lowest BCUT2D eigenvalue weighted by Gasteiger charge is -2.09. The SMILES string of the molecule is Cc1cnc(C)c(-c2cccc(C(=O)NCCc3nccn3C)c2)n1. The van der Waals surface area contributed by atoms with Crippen molar-refractivity contribution in [1.82, 2.24) is 24.8 Å². The summed E-state index contributed by atoms with van der Waals surface area (Å²) in [5, 5.41) is 2.94. The Labute approximate surface area is 147 Å². The number of carbonyl (C=O) groups is 1. The van der Waals surface area contributed by atoms with E-state index in [0.29, 0.717) is 18.5 Å². The molecule has 0 atom stereocenters. The number of carbonyl (C=O) groups excluding carboxylic acids is 1. The smallest absolute Gasteiger partial charge is 0.251 e. The van der Waals surface area contributed by atoms with Crippen LogP contribution in [-0.4, -0.2) is 32.0 Å². The number of amides is 1. The predicted octanol–water partition coefficient (Wildman–Crippen LogP) is 2.47. The maximum atomic E-state index is 12.4. The van der Waals surface area contributed by atoms with Gasteiger partial charge in [0.05, 0.1) is 17.1 Å². The number of imidazole rings is 1. The summed E-state index contributed by atoms with van der Waals surface area (Å²) in [4.78, 5) is 25.6. The summed E-state index contributed by atoms with van der Waals surface area (Å²) in [5.74, 6) is 0.842. The van der Waals surface area contributed by atoms with Crippen LogP contribution in [0.5, 0.6) is 0 Å². The van der Waals surface area contributed by atoms with Gasteiger partial charge in [-0.25, -0.2) is 9.97 Å². The van der Waals surface area contributed by atoms with Gasteiger partial charge < -0.3 is 9.88 Å². The predicted molar refractivity (Wildman–Crippen MR) is 96.2 cm³/mol. The highest BCUT2D eigenvalue weighted by atomic mass is 16.1. The highest BCUT2D eigenvalue weighted by molar-refractivity contribution is 5.95. The van der Waals surface area contributed by atoms with Crippen LogP contribution in [-0.2, 0) is 13.5 Å². The molecule has 25 heavy (non-hydrogen) atoms. The molecule has 0 aliphatic carbocycles. The molecule has 0 bridgehead atoms. The number of aryl methyl sites for hydroxylation is 3. The molecule has 2 aromatic heterocycles. The molecule has 0 fully saturated rings. The van der Waals surface area contributed by atoms with Gasteiger partial charge in [0.1, 0.15) is 5.82 Å². The second-order valence-electron chi connectivity index (χ2n) is 5.99. The van der Waals surface area contributed by atoms with Gasteiger partial charge in [-0.05, 0) is 26.0 Å². The molecule has 3 aromatic rings. The van der Waals surface area contributed by atoms with E-state index in [0.717, 1.165) is 28.5 Å². The van der Waals surface area contributed by atoms with Crippen molar-refractivity contribution in [1.29, 1.82) is 0 Å².